The van der Waals surface area contributed by atoms with E-state index in [2.05, 4.69) is 41.4 Å². The number of phenolic OH excluding ortho intramolecular Hbond substituents is 1. The summed E-state index contributed by atoms with van der Waals surface area (Å²) in [6.07, 6.45) is 1.81. The highest BCUT2D eigenvalue weighted by Gasteiger charge is 2.23. The van der Waals surface area contributed by atoms with E-state index in [0.717, 1.165) is 81.2 Å². The third-order valence-electron chi connectivity index (χ3n) is 9.06. The summed E-state index contributed by atoms with van der Waals surface area (Å²) in [6, 6.07) is 46.7. The van der Waals surface area contributed by atoms with E-state index in [1.165, 1.54) is 0 Å². The third kappa shape index (κ3) is 4.40. The number of nitrogens with zero attached hydrogens (tertiary/aromatic N) is 3. The molecule has 0 aliphatic rings. The molecule has 0 spiro atoms. The van der Waals surface area contributed by atoms with E-state index >= 15 is 0 Å². The molecule has 0 aliphatic carbocycles. The molecule has 0 saturated heterocycles. The molecule has 4 aromatic heterocycles. The predicted molar refractivity (Wildman–Crippen MR) is 198 cm³/mol. The number of hydrogen-bond donors (Lipinski definition) is 1. The molecule has 0 bridgehead atoms. The molecular weight excluding hydrogens is 627 g/mol. The Hall–Kier alpha value is -6.44. The monoisotopic (exact) mass is 651 g/mol. The molecule has 0 atom stereocenters. The fourth-order valence-electron chi connectivity index (χ4n) is 6.82. The first kappa shape index (κ1) is 27.7. The zero-order chi connectivity index (χ0) is 32.5. The van der Waals surface area contributed by atoms with Gasteiger partial charge in [0.05, 0.1) is 16.9 Å². The highest BCUT2D eigenvalue weighted by molar-refractivity contribution is 7.25. The number of aromatic nitrogens is 3. The van der Waals surface area contributed by atoms with E-state index in [0.29, 0.717) is 11.8 Å². The van der Waals surface area contributed by atoms with Gasteiger partial charge in [0, 0.05) is 59.9 Å². The Balaban J connectivity index is 1.23. The van der Waals surface area contributed by atoms with Crippen LogP contribution in [0.15, 0.2) is 150 Å². The summed E-state index contributed by atoms with van der Waals surface area (Å²) >= 11 is 1.65. The lowest BCUT2D eigenvalue weighted by Gasteiger charge is -2.11. The summed E-state index contributed by atoms with van der Waals surface area (Å²) in [5.74, 6) is 0.389. The molecule has 232 valence electrons. The van der Waals surface area contributed by atoms with Crippen molar-refractivity contribution >= 4 is 64.5 Å². The zero-order valence-corrected chi connectivity index (χ0v) is 26.7. The predicted octanol–water partition coefficient (Wildman–Crippen LogP) is 11.5. The summed E-state index contributed by atoms with van der Waals surface area (Å²) in [5, 5.41) is 15.4. The highest BCUT2D eigenvalue weighted by atomic mass is 32.1. The lowest BCUT2D eigenvalue weighted by molar-refractivity contribution is 0.390. The van der Waals surface area contributed by atoms with Crippen LogP contribution in [0.2, 0.25) is 0 Å². The number of phenols is 1. The van der Waals surface area contributed by atoms with Gasteiger partial charge in [0.25, 0.3) is 0 Å². The first-order valence-electron chi connectivity index (χ1n) is 16.0. The Morgan fingerprint density at radius 3 is 2.35 bits per heavy atom. The minimum atomic E-state index is 0.0537. The standard InChI is InChI=1S/C42H25N3O3S/c46-35-24-39-30(28-14-5-7-19-38(28)49-39)23-37(35)48-42-44-40-29(15-10-17-34(40)45(42)26-11-2-1-3-12-26)32-22-25(33-16-8-9-20-43-33)21-31-27-13-4-6-18-36(27)47-41(31)32/h1-24,46H. The minimum Gasteiger partial charge on any atom is -0.504 e. The largest absolute Gasteiger partial charge is 0.504 e. The van der Waals surface area contributed by atoms with Gasteiger partial charge in [-0.2, -0.15) is 4.98 Å². The van der Waals surface area contributed by atoms with Gasteiger partial charge in [-0.15, -0.1) is 11.3 Å². The van der Waals surface area contributed by atoms with Gasteiger partial charge in [-0.3, -0.25) is 9.55 Å². The molecule has 4 heterocycles. The SMILES string of the molecule is Oc1cc2sc3ccccc3c2cc1Oc1nc2c(-c3cc(-c4ccccn4)cc4c3oc3ccccc34)cccc2n1-c1ccccc1. The van der Waals surface area contributed by atoms with Crippen LogP contribution in [0.5, 0.6) is 17.5 Å². The van der Waals surface area contributed by atoms with E-state index in [-0.39, 0.29) is 5.75 Å². The van der Waals surface area contributed by atoms with Crippen LogP contribution < -0.4 is 4.74 Å². The van der Waals surface area contributed by atoms with Gasteiger partial charge >= 0.3 is 6.01 Å². The number of thiophene rings is 1. The van der Waals surface area contributed by atoms with Crippen LogP contribution >= 0.6 is 11.3 Å². The molecule has 7 heteroatoms. The van der Waals surface area contributed by atoms with Gasteiger partial charge in [-0.05, 0) is 60.7 Å². The van der Waals surface area contributed by atoms with E-state index in [9.17, 15) is 5.11 Å². The average molecular weight is 652 g/mol. The number of hydrogen-bond acceptors (Lipinski definition) is 6. The fraction of sp³-hybridized carbons (Fsp3) is 0. The number of pyridine rings is 1. The van der Waals surface area contributed by atoms with Gasteiger partial charge in [0.2, 0.25) is 0 Å². The molecule has 6 aromatic carbocycles. The maximum Gasteiger partial charge on any atom is 0.307 e. The van der Waals surface area contributed by atoms with Crippen molar-refractivity contribution in [1.82, 2.24) is 14.5 Å². The van der Waals surface area contributed by atoms with E-state index in [1.54, 1.807) is 17.4 Å². The van der Waals surface area contributed by atoms with Crippen molar-refractivity contribution in [3.63, 3.8) is 0 Å². The summed E-state index contributed by atoms with van der Waals surface area (Å²) in [5.41, 5.74) is 7.71. The van der Waals surface area contributed by atoms with Crippen LogP contribution in [-0.4, -0.2) is 19.6 Å². The Labute approximate surface area is 283 Å². The van der Waals surface area contributed by atoms with Crippen LogP contribution in [0.4, 0.5) is 0 Å². The third-order valence-corrected chi connectivity index (χ3v) is 10.2. The van der Waals surface area contributed by atoms with Crippen LogP contribution in [0.25, 0.3) is 81.2 Å². The molecule has 49 heavy (non-hydrogen) atoms. The van der Waals surface area contributed by atoms with Crippen LogP contribution in [0, 0.1) is 0 Å². The van der Waals surface area contributed by atoms with E-state index in [4.69, 9.17) is 14.1 Å². The van der Waals surface area contributed by atoms with Gasteiger partial charge in [-0.25, -0.2) is 0 Å². The molecule has 0 saturated carbocycles. The van der Waals surface area contributed by atoms with Crippen molar-refractivity contribution < 1.29 is 14.3 Å². The normalized spacial score (nSPS) is 11.8. The summed E-state index contributed by atoms with van der Waals surface area (Å²) in [6.45, 7) is 0. The van der Waals surface area contributed by atoms with Crippen molar-refractivity contribution in [2.24, 2.45) is 0 Å². The van der Waals surface area contributed by atoms with Gasteiger partial charge in [0.15, 0.2) is 11.5 Å². The molecule has 0 unspecified atom stereocenters. The highest BCUT2D eigenvalue weighted by Crippen LogP contribution is 2.45. The molecule has 0 aliphatic heterocycles. The summed E-state index contributed by atoms with van der Waals surface area (Å²) in [4.78, 5) is 9.84. The second-order valence-corrected chi connectivity index (χ2v) is 13.1. The number of fused-ring (bicyclic) bond motifs is 7. The fourth-order valence-corrected chi connectivity index (χ4v) is 7.94. The molecule has 10 rings (SSSR count). The number of imidazole rings is 1. The van der Waals surface area contributed by atoms with Crippen LogP contribution in [-0.2, 0) is 0 Å². The lowest BCUT2D eigenvalue weighted by atomic mass is 9.96. The summed E-state index contributed by atoms with van der Waals surface area (Å²) < 4.78 is 17.3. The zero-order valence-electron chi connectivity index (χ0n) is 25.9. The number of rotatable bonds is 5. The molecule has 6 nitrogen and oxygen atoms in total. The number of furan rings is 1. The van der Waals surface area contributed by atoms with Gasteiger partial charge in [-0.1, -0.05) is 72.8 Å². The summed E-state index contributed by atoms with van der Waals surface area (Å²) in [7, 11) is 0. The molecule has 10 aromatic rings. The van der Waals surface area contributed by atoms with Crippen LogP contribution in [0.1, 0.15) is 0 Å². The maximum absolute atomic E-state index is 11.2. The molecular formula is C42H25N3O3S. The lowest BCUT2D eigenvalue weighted by Crippen LogP contribution is -1.98. The van der Waals surface area contributed by atoms with Crippen molar-refractivity contribution in [2.45, 2.75) is 0 Å². The first-order chi connectivity index (χ1) is 24.2. The number of para-hydroxylation sites is 3. The maximum atomic E-state index is 11.2. The van der Waals surface area contributed by atoms with E-state index in [1.807, 2.05) is 108 Å². The Morgan fingerprint density at radius 1 is 0.653 bits per heavy atom. The second kappa shape index (κ2) is 10.8. The Morgan fingerprint density at radius 2 is 1.47 bits per heavy atom. The molecule has 0 fully saturated rings. The van der Waals surface area contributed by atoms with E-state index < -0.39 is 0 Å². The number of aromatic hydroxyl groups is 1. The smallest absolute Gasteiger partial charge is 0.307 e. The molecule has 0 radical (unpaired) electrons. The van der Waals surface area contributed by atoms with Crippen LogP contribution in [0.3, 0.4) is 0 Å². The number of ether oxygens (including phenoxy) is 1. The quantitative estimate of drug-likeness (QED) is 0.200. The minimum absolute atomic E-state index is 0.0537. The van der Waals surface area contributed by atoms with Crippen molar-refractivity contribution in [3.05, 3.63) is 146 Å². The number of benzene rings is 6. The van der Waals surface area contributed by atoms with Gasteiger partial charge < -0.3 is 14.3 Å². The molecule has 1 N–H and O–H groups in total. The first-order valence-corrected chi connectivity index (χ1v) is 16.8. The second-order valence-electron chi connectivity index (χ2n) is 12.0. The Kier molecular flexibility index (Phi) is 6.10. The van der Waals surface area contributed by atoms with Crippen molar-refractivity contribution in [1.29, 1.82) is 0 Å². The molecule has 0 amide bonds. The average Bonchev–Trinajstić information content (AvgIpc) is 3.83. The Bertz CT molecular complexity index is 2870. The topological polar surface area (TPSA) is 73.3 Å². The van der Waals surface area contributed by atoms with Crippen molar-refractivity contribution in [3.8, 4) is 45.6 Å². The van der Waals surface area contributed by atoms with Gasteiger partial charge in [0.1, 0.15) is 16.7 Å². The van der Waals surface area contributed by atoms with Crippen molar-refractivity contribution in [2.75, 3.05) is 0 Å².